The first-order valence-corrected chi connectivity index (χ1v) is 6.69. The van der Waals surface area contributed by atoms with Gasteiger partial charge in [-0.1, -0.05) is 6.92 Å². The summed E-state index contributed by atoms with van der Waals surface area (Å²) in [7, 11) is 0. The highest BCUT2D eigenvalue weighted by molar-refractivity contribution is 5.76. The second kappa shape index (κ2) is 7.17. The second-order valence-corrected chi connectivity index (χ2v) is 4.31. The van der Waals surface area contributed by atoms with Gasteiger partial charge in [-0.3, -0.25) is 9.36 Å². The number of hydrogen-bond donors (Lipinski definition) is 3. The Hall–Kier alpha value is -2.71. The van der Waals surface area contributed by atoms with Gasteiger partial charge >= 0.3 is 0 Å². The fraction of sp³-hybridized carbons (Fsp3) is 0.417. The molecule has 0 bridgehead atoms. The molecule has 0 radical (unpaired) electrons. The third-order valence-corrected chi connectivity index (χ3v) is 2.58. The fourth-order valence-corrected chi connectivity index (χ4v) is 1.59. The number of aromatic nitrogens is 5. The molecule has 0 aromatic carbocycles. The number of carbonyl (C=O) groups is 1. The van der Waals surface area contributed by atoms with Crippen molar-refractivity contribution in [3.8, 4) is 5.95 Å². The summed E-state index contributed by atoms with van der Waals surface area (Å²) in [5.41, 5.74) is 5.65. The van der Waals surface area contributed by atoms with E-state index in [1.54, 1.807) is 23.3 Å². The lowest BCUT2D eigenvalue weighted by Gasteiger charge is -2.07. The van der Waals surface area contributed by atoms with Crippen LogP contribution in [0.3, 0.4) is 0 Å². The maximum atomic E-state index is 11.5. The molecule has 21 heavy (non-hydrogen) atoms. The summed E-state index contributed by atoms with van der Waals surface area (Å²) < 4.78 is 1.62. The maximum Gasteiger partial charge on any atom is 0.241 e. The monoisotopic (exact) mass is 290 g/mol. The quantitative estimate of drug-likeness (QED) is 0.654. The van der Waals surface area contributed by atoms with Gasteiger partial charge in [0, 0.05) is 31.9 Å². The summed E-state index contributed by atoms with van der Waals surface area (Å²) in [4.78, 5) is 27.6. The van der Waals surface area contributed by atoms with Gasteiger partial charge < -0.3 is 16.4 Å². The fourth-order valence-electron chi connectivity index (χ4n) is 1.59. The summed E-state index contributed by atoms with van der Waals surface area (Å²) in [6.07, 6.45) is 6.14. The Labute approximate surface area is 122 Å². The first-order valence-electron chi connectivity index (χ1n) is 6.69. The number of anilines is 2. The van der Waals surface area contributed by atoms with Gasteiger partial charge in [0.05, 0.1) is 0 Å². The van der Waals surface area contributed by atoms with Crippen LogP contribution in [0.1, 0.15) is 19.8 Å². The molecule has 0 aliphatic heterocycles. The first kappa shape index (κ1) is 14.7. The van der Waals surface area contributed by atoms with Crippen molar-refractivity contribution in [1.82, 2.24) is 29.8 Å². The summed E-state index contributed by atoms with van der Waals surface area (Å²) in [5, 5.41) is 5.75. The van der Waals surface area contributed by atoms with E-state index in [1.807, 2.05) is 6.92 Å². The number of carbonyl (C=O) groups excluding carboxylic acids is 1. The van der Waals surface area contributed by atoms with Gasteiger partial charge in [0.15, 0.2) is 0 Å². The normalized spacial score (nSPS) is 10.3. The van der Waals surface area contributed by atoms with Crippen LogP contribution in [0.4, 0.5) is 11.9 Å². The molecule has 9 nitrogen and oxygen atoms in total. The van der Waals surface area contributed by atoms with Crippen molar-refractivity contribution in [2.75, 3.05) is 24.1 Å². The summed E-state index contributed by atoms with van der Waals surface area (Å²) in [5.74, 6) is 0.792. The van der Waals surface area contributed by atoms with E-state index >= 15 is 0 Å². The second-order valence-electron chi connectivity index (χ2n) is 4.31. The maximum absolute atomic E-state index is 11.5. The van der Waals surface area contributed by atoms with Crippen molar-refractivity contribution in [2.24, 2.45) is 0 Å². The molecule has 0 spiro atoms. The van der Waals surface area contributed by atoms with Gasteiger partial charge in [-0.2, -0.15) is 15.0 Å². The Bertz CT molecular complexity index is 583. The molecule has 2 heterocycles. The average molecular weight is 290 g/mol. The molecular formula is C12H18N8O. The van der Waals surface area contributed by atoms with Crippen molar-refractivity contribution in [1.29, 1.82) is 0 Å². The zero-order chi connectivity index (χ0) is 15.1. The molecule has 0 aliphatic rings. The number of rotatable bonds is 7. The minimum atomic E-state index is -0.0128. The number of imidazole rings is 1. The van der Waals surface area contributed by atoms with Crippen molar-refractivity contribution in [2.45, 2.75) is 19.8 Å². The predicted molar refractivity (Wildman–Crippen MR) is 77.8 cm³/mol. The van der Waals surface area contributed by atoms with Crippen LogP contribution in [-0.2, 0) is 4.79 Å². The third-order valence-electron chi connectivity index (χ3n) is 2.58. The molecule has 0 atom stereocenters. The van der Waals surface area contributed by atoms with Crippen molar-refractivity contribution >= 4 is 17.8 Å². The highest BCUT2D eigenvalue weighted by atomic mass is 16.1. The Balaban J connectivity index is 1.93. The highest BCUT2D eigenvalue weighted by Gasteiger charge is 2.06. The van der Waals surface area contributed by atoms with Crippen LogP contribution < -0.4 is 16.4 Å². The van der Waals surface area contributed by atoms with Crippen LogP contribution >= 0.6 is 0 Å². The standard InChI is InChI=1S/C12H18N8O/c1-2-4-15-9(21)3-5-16-11-17-10(13)18-12(19-11)20-7-6-14-8-20/h6-8H,2-5H2,1H3,(H,15,21)(H3,13,16,17,18,19). The van der Waals surface area contributed by atoms with E-state index in [9.17, 15) is 4.79 Å². The van der Waals surface area contributed by atoms with E-state index in [4.69, 9.17) is 5.73 Å². The van der Waals surface area contributed by atoms with Crippen molar-refractivity contribution < 1.29 is 4.79 Å². The Kier molecular flexibility index (Phi) is 5.02. The zero-order valence-corrected chi connectivity index (χ0v) is 11.8. The summed E-state index contributed by atoms with van der Waals surface area (Å²) >= 11 is 0. The third kappa shape index (κ3) is 4.41. The molecule has 2 rings (SSSR count). The topological polar surface area (TPSA) is 124 Å². The van der Waals surface area contributed by atoms with Gasteiger partial charge in [0.1, 0.15) is 6.33 Å². The molecule has 0 saturated carbocycles. The molecule has 2 aromatic rings. The lowest BCUT2D eigenvalue weighted by Crippen LogP contribution is -2.26. The molecule has 9 heteroatoms. The van der Waals surface area contributed by atoms with E-state index in [0.717, 1.165) is 6.42 Å². The first-order chi connectivity index (χ1) is 10.2. The number of hydrogen-bond acceptors (Lipinski definition) is 7. The predicted octanol–water partition coefficient (Wildman–Crippen LogP) is -0.0323. The van der Waals surface area contributed by atoms with Crippen LogP contribution in [0, 0.1) is 0 Å². The van der Waals surface area contributed by atoms with Gasteiger partial charge in [-0.25, -0.2) is 4.98 Å². The van der Waals surface area contributed by atoms with E-state index in [2.05, 4.69) is 30.6 Å². The molecule has 0 unspecified atom stereocenters. The van der Waals surface area contributed by atoms with Gasteiger partial charge in [-0.05, 0) is 6.42 Å². The van der Waals surface area contributed by atoms with Crippen LogP contribution in [0.2, 0.25) is 0 Å². The molecule has 112 valence electrons. The molecule has 2 aromatic heterocycles. The molecule has 0 fully saturated rings. The van der Waals surface area contributed by atoms with Crippen LogP contribution in [0.5, 0.6) is 0 Å². The smallest absolute Gasteiger partial charge is 0.241 e. The van der Waals surface area contributed by atoms with Gasteiger partial charge in [0.2, 0.25) is 23.8 Å². The minimum absolute atomic E-state index is 0.0128. The van der Waals surface area contributed by atoms with Crippen molar-refractivity contribution in [3.63, 3.8) is 0 Å². The minimum Gasteiger partial charge on any atom is -0.368 e. The van der Waals surface area contributed by atoms with Crippen molar-refractivity contribution in [3.05, 3.63) is 18.7 Å². The SMILES string of the molecule is CCCNC(=O)CCNc1nc(N)nc(-n2ccnc2)n1. The zero-order valence-electron chi connectivity index (χ0n) is 11.8. The lowest BCUT2D eigenvalue weighted by atomic mass is 10.4. The van der Waals surface area contributed by atoms with E-state index in [1.165, 1.54) is 0 Å². The Morgan fingerprint density at radius 3 is 2.90 bits per heavy atom. The summed E-state index contributed by atoms with van der Waals surface area (Å²) in [6.45, 7) is 3.11. The molecule has 0 aliphatic carbocycles. The van der Waals surface area contributed by atoms with Crippen LogP contribution in [0.25, 0.3) is 5.95 Å². The summed E-state index contributed by atoms with van der Waals surface area (Å²) in [6, 6.07) is 0. The average Bonchev–Trinajstić information content (AvgIpc) is 2.99. The molecule has 4 N–H and O–H groups in total. The number of amides is 1. The number of nitrogen functional groups attached to an aromatic ring is 1. The molecular weight excluding hydrogens is 272 g/mol. The highest BCUT2D eigenvalue weighted by Crippen LogP contribution is 2.06. The molecule has 1 amide bonds. The van der Waals surface area contributed by atoms with Gasteiger partial charge in [0.25, 0.3) is 0 Å². The lowest BCUT2D eigenvalue weighted by molar-refractivity contribution is -0.120. The van der Waals surface area contributed by atoms with Gasteiger partial charge in [-0.15, -0.1) is 0 Å². The van der Waals surface area contributed by atoms with E-state index < -0.39 is 0 Å². The van der Waals surface area contributed by atoms with Crippen LogP contribution in [0.15, 0.2) is 18.7 Å². The molecule has 0 saturated heterocycles. The van der Waals surface area contributed by atoms with E-state index in [-0.39, 0.29) is 11.9 Å². The largest absolute Gasteiger partial charge is 0.368 e. The Morgan fingerprint density at radius 2 is 2.19 bits per heavy atom. The number of nitrogens with zero attached hydrogens (tertiary/aromatic N) is 5. The Morgan fingerprint density at radius 1 is 1.33 bits per heavy atom. The van der Waals surface area contributed by atoms with Crippen LogP contribution in [-0.4, -0.2) is 43.5 Å². The number of nitrogens with one attached hydrogen (secondary N) is 2. The van der Waals surface area contributed by atoms with E-state index in [0.29, 0.717) is 31.4 Å². The number of nitrogens with two attached hydrogens (primary N) is 1.